The van der Waals surface area contributed by atoms with Crippen LogP contribution in [0.1, 0.15) is 42.5 Å². The first-order chi connectivity index (χ1) is 13.5. The molecule has 4 nitrogen and oxygen atoms in total. The van der Waals surface area contributed by atoms with Gasteiger partial charge in [0, 0.05) is 11.2 Å². The van der Waals surface area contributed by atoms with Crippen LogP contribution in [0.15, 0.2) is 48.2 Å². The lowest BCUT2D eigenvalue weighted by Gasteiger charge is -2.20. The maximum absolute atomic E-state index is 12.5. The number of carbonyl (C=O) groups excluding carboxylic acids is 1. The molecule has 144 valence electrons. The Morgan fingerprint density at radius 1 is 1.14 bits per heavy atom. The highest BCUT2D eigenvalue weighted by molar-refractivity contribution is 6.36. The summed E-state index contributed by atoms with van der Waals surface area (Å²) in [6, 6.07) is 13.0. The van der Waals surface area contributed by atoms with Crippen LogP contribution in [0.5, 0.6) is 0 Å². The molecule has 1 atom stereocenters. The van der Waals surface area contributed by atoms with Gasteiger partial charge in [0.1, 0.15) is 11.6 Å². The van der Waals surface area contributed by atoms with Crippen LogP contribution >= 0.6 is 23.2 Å². The van der Waals surface area contributed by atoms with E-state index in [9.17, 15) is 10.1 Å². The lowest BCUT2D eigenvalue weighted by Crippen LogP contribution is -2.28. The van der Waals surface area contributed by atoms with E-state index in [1.807, 2.05) is 13.0 Å². The van der Waals surface area contributed by atoms with Crippen LogP contribution in [0.4, 0.5) is 5.69 Å². The highest BCUT2D eigenvalue weighted by Gasteiger charge is 2.16. The number of rotatable bonds is 5. The molecule has 0 spiro atoms. The highest BCUT2D eigenvalue weighted by Crippen LogP contribution is 2.26. The van der Waals surface area contributed by atoms with Gasteiger partial charge in [-0.15, -0.1) is 0 Å². The number of benzene rings is 2. The highest BCUT2D eigenvalue weighted by atomic mass is 35.5. The molecular weight excluding hydrogens is 393 g/mol. The molecule has 0 bridgehead atoms. The zero-order chi connectivity index (χ0) is 20.1. The van der Waals surface area contributed by atoms with Gasteiger partial charge in [0.15, 0.2) is 0 Å². The summed E-state index contributed by atoms with van der Waals surface area (Å²) in [6.07, 6.45) is 6.00. The largest absolute Gasteiger partial charge is 0.359 e. The SMILES string of the molecule is CC(NC(=O)/C(C#N)=C\Nc1ccc(Cl)cc1Cl)c1ccc2c(c1)CCCC2. The van der Waals surface area contributed by atoms with Gasteiger partial charge in [-0.2, -0.15) is 5.26 Å². The van der Waals surface area contributed by atoms with Gasteiger partial charge in [-0.1, -0.05) is 41.4 Å². The molecule has 0 fully saturated rings. The molecule has 1 aliphatic carbocycles. The molecule has 3 rings (SSSR count). The van der Waals surface area contributed by atoms with Crippen molar-refractivity contribution in [3.8, 4) is 6.07 Å². The lowest BCUT2D eigenvalue weighted by molar-refractivity contribution is -0.117. The molecule has 0 radical (unpaired) electrons. The van der Waals surface area contributed by atoms with E-state index in [-0.39, 0.29) is 11.6 Å². The fraction of sp³-hybridized carbons (Fsp3) is 0.273. The number of aryl methyl sites for hydroxylation is 2. The first-order valence-corrected chi connectivity index (χ1v) is 9.98. The molecule has 2 N–H and O–H groups in total. The molecule has 1 aliphatic rings. The topological polar surface area (TPSA) is 64.9 Å². The van der Waals surface area contributed by atoms with Gasteiger partial charge >= 0.3 is 0 Å². The smallest absolute Gasteiger partial charge is 0.263 e. The Morgan fingerprint density at radius 3 is 2.61 bits per heavy atom. The van der Waals surface area contributed by atoms with Crippen molar-refractivity contribution in [2.75, 3.05) is 5.32 Å². The fourth-order valence-corrected chi connectivity index (χ4v) is 3.75. The zero-order valence-corrected chi connectivity index (χ0v) is 17.1. The van der Waals surface area contributed by atoms with Gasteiger partial charge in [0.25, 0.3) is 5.91 Å². The average Bonchev–Trinajstić information content (AvgIpc) is 2.69. The fourth-order valence-electron chi connectivity index (χ4n) is 3.29. The zero-order valence-electron chi connectivity index (χ0n) is 15.6. The van der Waals surface area contributed by atoms with Gasteiger partial charge in [-0.25, -0.2) is 0 Å². The van der Waals surface area contributed by atoms with Crippen molar-refractivity contribution < 1.29 is 4.79 Å². The van der Waals surface area contributed by atoms with Crippen molar-refractivity contribution in [1.82, 2.24) is 5.32 Å². The third kappa shape index (κ3) is 4.86. The van der Waals surface area contributed by atoms with Crippen LogP contribution in [0.2, 0.25) is 10.0 Å². The Balaban J connectivity index is 1.68. The summed E-state index contributed by atoms with van der Waals surface area (Å²) in [6.45, 7) is 1.92. The summed E-state index contributed by atoms with van der Waals surface area (Å²) in [4.78, 5) is 12.5. The van der Waals surface area contributed by atoms with E-state index in [4.69, 9.17) is 23.2 Å². The number of amides is 1. The normalized spacial score (nSPS) is 14.6. The number of nitrogens with one attached hydrogen (secondary N) is 2. The van der Waals surface area contributed by atoms with Crippen LogP contribution in [-0.4, -0.2) is 5.91 Å². The standard InChI is InChI=1S/C22H21Cl2N3O/c1-14(16-7-6-15-4-2-3-5-17(15)10-16)27-22(28)18(12-25)13-26-21-9-8-19(23)11-20(21)24/h6-11,13-14,26H,2-5H2,1H3,(H,27,28)/b18-13-. The number of halogens is 2. The molecule has 2 aromatic carbocycles. The molecular formula is C22H21Cl2N3O. The third-order valence-corrected chi connectivity index (χ3v) is 5.44. The monoisotopic (exact) mass is 413 g/mol. The first-order valence-electron chi connectivity index (χ1n) is 9.22. The Hall–Kier alpha value is -2.48. The Bertz CT molecular complexity index is 963. The summed E-state index contributed by atoms with van der Waals surface area (Å²) < 4.78 is 0. The second kappa shape index (κ2) is 9.14. The predicted octanol–water partition coefficient (Wildman–Crippen LogP) is 5.57. The molecule has 0 heterocycles. The molecule has 28 heavy (non-hydrogen) atoms. The predicted molar refractivity (Wildman–Crippen MR) is 113 cm³/mol. The van der Waals surface area contributed by atoms with Gasteiger partial charge in [0.05, 0.1) is 16.8 Å². The molecule has 2 aromatic rings. The second-order valence-corrected chi connectivity index (χ2v) is 7.71. The van der Waals surface area contributed by atoms with Crippen LogP contribution in [0, 0.1) is 11.3 Å². The van der Waals surface area contributed by atoms with E-state index < -0.39 is 5.91 Å². The maximum Gasteiger partial charge on any atom is 0.263 e. The van der Waals surface area contributed by atoms with Crippen molar-refractivity contribution in [1.29, 1.82) is 5.26 Å². The van der Waals surface area contributed by atoms with Crippen molar-refractivity contribution in [3.05, 3.63) is 74.9 Å². The number of anilines is 1. The molecule has 1 amide bonds. The molecule has 0 saturated carbocycles. The molecule has 0 aromatic heterocycles. The van der Waals surface area contributed by atoms with Crippen LogP contribution in [-0.2, 0) is 17.6 Å². The van der Waals surface area contributed by atoms with E-state index in [2.05, 4.69) is 28.8 Å². The number of carbonyl (C=O) groups is 1. The molecule has 1 unspecified atom stereocenters. The minimum atomic E-state index is -0.440. The Kier molecular flexibility index (Phi) is 6.61. The van der Waals surface area contributed by atoms with Crippen molar-refractivity contribution >= 4 is 34.8 Å². The summed E-state index contributed by atoms with van der Waals surface area (Å²) >= 11 is 12.0. The number of nitriles is 1. The first kappa shape index (κ1) is 20.3. The summed E-state index contributed by atoms with van der Waals surface area (Å²) in [5.74, 6) is -0.440. The van der Waals surface area contributed by atoms with E-state index >= 15 is 0 Å². The third-order valence-electron chi connectivity index (χ3n) is 4.89. The number of fused-ring (bicyclic) bond motifs is 1. The molecule has 6 heteroatoms. The van der Waals surface area contributed by atoms with Crippen LogP contribution < -0.4 is 10.6 Å². The quantitative estimate of drug-likeness (QED) is 0.497. The van der Waals surface area contributed by atoms with E-state index in [1.54, 1.807) is 18.2 Å². The number of hydrogen-bond donors (Lipinski definition) is 2. The summed E-state index contributed by atoms with van der Waals surface area (Å²) in [5, 5.41) is 16.1. The average molecular weight is 414 g/mol. The number of nitrogens with zero attached hydrogens (tertiary/aromatic N) is 1. The molecule has 0 aliphatic heterocycles. The van der Waals surface area contributed by atoms with Gasteiger partial charge in [0.2, 0.25) is 0 Å². The minimum Gasteiger partial charge on any atom is -0.359 e. The summed E-state index contributed by atoms with van der Waals surface area (Å²) in [7, 11) is 0. The van der Waals surface area contributed by atoms with E-state index in [0.717, 1.165) is 18.4 Å². The van der Waals surface area contributed by atoms with Gasteiger partial charge in [-0.05, 0) is 67.5 Å². The van der Waals surface area contributed by atoms with Crippen molar-refractivity contribution in [2.45, 2.75) is 38.6 Å². The van der Waals surface area contributed by atoms with Gasteiger partial charge in [-0.3, -0.25) is 4.79 Å². The summed E-state index contributed by atoms with van der Waals surface area (Å²) in [5.41, 5.74) is 4.33. The van der Waals surface area contributed by atoms with Crippen molar-refractivity contribution in [2.24, 2.45) is 0 Å². The van der Waals surface area contributed by atoms with Gasteiger partial charge < -0.3 is 10.6 Å². The van der Waals surface area contributed by atoms with Crippen LogP contribution in [0.3, 0.4) is 0 Å². The Labute approximate surface area is 175 Å². The minimum absolute atomic E-state index is 0.0316. The maximum atomic E-state index is 12.5. The Morgan fingerprint density at radius 2 is 1.89 bits per heavy atom. The second-order valence-electron chi connectivity index (χ2n) is 6.87. The lowest BCUT2D eigenvalue weighted by atomic mass is 9.89. The van der Waals surface area contributed by atoms with Crippen molar-refractivity contribution in [3.63, 3.8) is 0 Å². The van der Waals surface area contributed by atoms with E-state index in [1.165, 1.54) is 30.2 Å². The molecule has 0 saturated heterocycles. The van der Waals surface area contributed by atoms with E-state index in [0.29, 0.717) is 15.7 Å². The number of hydrogen-bond acceptors (Lipinski definition) is 3. The van der Waals surface area contributed by atoms with Crippen LogP contribution in [0.25, 0.3) is 0 Å².